The Hall–Kier alpha value is -6.69. The number of thiophene rings is 1. The Kier molecular flexibility index (Phi) is 6.39. The number of nitrogens with zero attached hydrogens (tertiary/aromatic N) is 4. The van der Waals surface area contributed by atoms with Crippen LogP contribution in [-0.4, -0.2) is 19.5 Å². The van der Waals surface area contributed by atoms with Crippen molar-refractivity contribution < 1.29 is 0 Å². The molecule has 0 aliphatic heterocycles. The number of rotatable bonds is 4. The van der Waals surface area contributed by atoms with Crippen molar-refractivity contribution in [3.05, 3.63) is 170 Å². The van der Waals surface area contributed by atoms with Crippen LogP contribution in [0.25, 0.3) is 103 Å². The molecule has 0 atom stereocenters. The topological polar surface area (TPSA) is 43.6 Å². The average molecular weight is 681 g/mol. The molecule has 0 unspecified atom stereocenters. The molecule has 242 valence electrons. The predicted octanol–water partition coefficient (Wildman–Crippen LogP) is 12.6. The van der Waals surface area contributed by atoms with E-state index >= 15 is 0 Å². The van der Waals surface area contributed by atoms with Crippen molar-refractivity contribution in [3.63, 3.8) is 0 Å². The van der Waals surface area contributed by atoms with Crippen LogP contribution < -0.4 is 0 Å². The van der Waals surface area contributed by atoms with E-state index in [9.17, 15) is 0 Å². The molecular weight excluding hydrogens is 653 g/mol. The lowest BCUT2D eigenvalue weighted by Crippen LogP contribution is -2.01. The van der Waals surface area contributed by atoms with Crippen LogP contribution in [-0.2, 0) is 0 Å². The van der Waals surface area contributed by atoms with E-state index in [1.807, 2.05) is 29.5 Å². The fraction of sp³-hybridized carbons (Fsp3) is 0. The highest BCUT2D eigenvalue weighted by Gasteiger charge is 2.23. The first-order valence-corrected chi connectivity index (χ1v) is 18.3. The van der Waals surface area contributed by atoms with Crippen LogP contribution in [0.2, 0.25) is 0 Å². The van der Waals surface area contributed by atoms with Gasteiger partial charge in [-0.05, 0) is 52.6 Å². The molecule has 0 spiro atoms. The highest BCUT2D eigenvalue weighted by atomic mass is 32.1. The molecule has 0 bridgehead atoms. The highest BCUT2D eigenvalue weighted by Crippen LogP contribution is 2.47. The molecule has 52 heavy (non-hydrogen) atoms. The monoisotopic (exact) mass is 680 g/mol. The Labute approximate surface area is 302 Å². The molecule has 0 amide bonds. The van der Waals surface area contributed by atoms with Crippen LogP contribution >= 0.6 is 11.3 Å². The standard InChI is InChI=1S/C47H28N4S/c1-3-14-30(15-4-1)45-48-46(32-24-23-29-13-7-8-16-31(29)27-32)50-47(49-45)38-28-40-42(37-20-9-11-21-39(37)51(40)33-17-5-2-6-18-33)43-35(38)25-26-36-34-19-10-12-22-41(34)52-44(36)43/h1-28H. The summed E-state index contributed by atoms with van der Waals surface area (Å²) in [5.41, 5.74) is 6.27. The van der Waals surface area contributed by atoms with Gasteiger partial charge in [-0.25, -0.2) is 15.0 Å². The van der Waals surface area contributed by atoms with Crippen molar-refractivity contribution in [1.82, 2.24) is 19.5 Å². The summed E-state index contributed by atoms with van der Waals surface area (Å²) in [6.07, 6.45) is 0. The van der Waals surface area contributed by atoms with Gasteiger partial charge >= 0.3 is 0 Å². The minimum absolute atomic E-state index is 0.647. The molecule has 3 heterocycles. The second-order valence-corrected chi connectivity index (χ2v) is 14.3. The summed E-state index contributed by atoms with van der Waals surface area (Å²) < 4.78 is 4.94. The Morgan fingerprint density at radius 2 is 1.06 bits per heavy atom. The van der Waals surface area contributed by atoms with Gasteiger partial charge in [0.2, 0.25) is 0 Å². The van der Waals surface area contributed by atoms with Crippen molar-refractivity contribution in [1.29, 1.82) is 0 Å². The van der Waals surface area contributed by atoms with Gasteiger partial charge in [0.1, 0.15) is 0 Å². The third kappa shape index (κ3) is 4.43. The smallest absolute Gasteiger partial charge is 0.164 e. The molecule has 0 aliphatic rings. The molecule has 0 saturated carbocycles. The Bertz CT molecular complexity index is 3180. The molecule has 5 heteroatoms. The van der Waals surface area contributed by atoms with Gasteiger partial charge in [-0.2, -0.15) is 0 Å². The van der Waals surface area contributed by atoms with Gasteiger partial charge in [-0.15, -0.1) is 11.3 Å². The van der Waals surface area contributed by atoms with Crippen molar-refractivity contribution in [2.45, 2.75) is 0 Å². The van der Waals surface area contributed by atoms with Crippen molar-refractivity contribution in [3.8, 4) is 39.9 Å². The fourth-order valence-electron chi connectivity index (χ4n) is 7.85. The fourth-order valence-corrected chi connectivity index (χ4v) is 9.10. The number of aromatic nitrogens is 4. The third-order valence-corrected chi connectivity index (χ3v) is 11.4. The molecule has 0 saturated heterocycles. The summed E-state index contributed by atoms with van der Waals surface area (Å²) >= 11 is 1.86. The van der Waals surface area contributed by atoms with Gasteiger partial charge < -0.3 is 4.57 Å². The average Bonchev–Trinajstić information content (AvgIpc) is 3.77. The van der Waals surface area contributed by atoms with Gasteiger partial charge in [0, 0.05) is 58.7 Å². The predicted molar refractivity (Wildman–Crippen MR) is 218 cm³/mol. The molecule has 3 aromatic heterocycles. The minimum Gasteiger partial charge on any atom is -0.309 e. The quantitative estimate of drug-likeness (QED) is 0.186. The largest absolute Gasteiger partial charge is 0.309 e. The maximum atomic E-state index is 5.31. The van der Waals surface area contributed by atoms with E-state index in [1.54, 1.807) is 0 Å². The lowest BCUT2D eigenvalue weighted by atomic mass is 9.96. The van der Waals surface area contributed by atoms with Crippen LogP contribution in [0.1, 0.15) is 0 Å². The third-order valence-electron chi connectivity index (χ3n) is 10.2. The highest BCUT2D eigenvalue weighted by molar-refractivity contribution is 7.26. The number of fused-ring (bicyclic) bond motifs is 10. The normalized spacial score (nSPS) is 11.8. The van der Waals surface area contributed by atoms with Crippen molar-refractivity contribution >= 4 is 74.9 Å². The molecule has 8 aromatic carbocycles. The molecule has 0 fully saturated rings. The van der Waals surface area contributed by atoms with Gasteiger partial charge in [0.05, 0.1) is 11.0 Å². The van der Waals surface area contributed by atoms with E-state index in [0.717, 1.165) is 44.2 Å². The van der Waals surface area contributed by atoms with Gasteiger partial charge in [-0.3, -0.25) is 0 Å². The summed E-state index contributed by atoms with van der Waals surface area (Å²) in [4.78, 5) is 15.7. The SMILES string of the molecule is c1ccc(-c2nc(-c3ccc4ccccc4c3)nc(-c3cc4c(c5ccccc5n4-c4ccccc4)c4c3ccc3c5ccccc5sc34)n2)cc1. The summed E-state index contributed by atoms with van der Waals surface area (Å²) in [5.74, 6) is 1.94. The zero-order valence-corrected chi connectivity index (χ0v) is 28.7. The number of hydrogen-bond acceptors (Lipinski definition) is 4. The van der Waals surface area contributed by atoms with Crippen LogP contribution in [0.4, 0.5) is 0 Å². The Morgan fingerprint density at radius 1 is 0.404 bits per heavy atom. The molecule has 0 aliphatic carbocycles. The van der Waals surface area contributed by atoms with E-state index in [2.05, 4.69) is 156 Å². The number of benzene rings is 8. The first-order valence-electron chi connectivity index (χ1n) is 17.5. The lowest BCUT2D eigenvalue weighted by molar-refractivity contribution is 1.08. The molecule has 11 rings (SSSR count). The maximum absolute atomic E-state index is 5.31. The van der Waals surface area contributed by atoms with E-state index < -0.39 is 0 Å². The molecular formula is C47H28N4S. The van der Waals surface area contributed by atoms with Crippen molar-refractivity contribution in [2.75, 3.05) is 0 Å². The van der Waals surface area contributed by atoms with E-state index in [-0.39, 0.29) is 0 Å². The summed E-state index contributed by atoms with van der Waals surface area (Å²) in [5, 5.41) is 9.68. The van der Waals surface area contributed by atoms with E-state index in [0.29, 0.717) is 17.5 Å². The second-order valence-electron chi connectivity index (χ2n) is 13.2. The molecule has 0 N–H and O–H groups in total. The van der Waals surface area contributed by atoms with Crippen molar-refractivity contribution in [2.24, 2.45) is 0 Å². The lowest BCUT2D eigenvalue weighted by Gasteiger charge is -2.14. The van der Waals surface area contributed by atoms with Crippen LogP contribution in [0.5, 0.6) is 0 Å². The summed E-state index contributed by atoms with van der Waals surface area (Å²) in [6, 6.07) is 60.1. The molecule has 0 radical (unpaired) electrons. The van der Waals surface area contributed by atoms with Crippen LogP contribution in [0, 0.1) is 0 Å². The zero-order chi connectivity index (χ0) is 34.2. The summed E-state index contributed by atoms with van der Waals surface area (Å²) in [6.45, 7) is 0. The van der Waals surface area contributed by atoms with E-state index in [1.165, 1.54) is 41.7 Å². The number of para-hydroxylation sites is 2. The molecule has 11 aromatic rings. The zero-order valence-electron chi connectivity index (χ0n) is 27.9. The summed E-state index contributed by atoms with van der Waals surface area (Å²) in [7, 11) is 0. The van der Waals surface area contributed by atoms with Gasteiger partial charge in [-0.1, -0.05) is 133 Å². The molecule has 4 nitrogen and oxygen atoms in total. The van der Waals surface area contributed by atoms with Crippen LogP contribution in [0.15, 0.2) is 170 Å². The minimum atomic E-state index is 0.647. The van der Waals surface area contributed by atoms with Gasteiger partial charge in [0.25, 0.3) is 0 Å². The second kappa shape index (κ2) is 11.4. The maximum Gasteiger partial charge on any atom is 0.164 e. The van der Waals surface area contributed by atoms with Gasteiger partial charge in [0.15, 0.2) is 17.5 Å². The number of hydrogen-bond donors (Lipinski definition) is 0. The first kappa shape index (κ1) is 29.1. The first-order chi connectivity index (χ1) is 25.8. The Balaban J connectivity index is 1.30. The van der Waals surface area contributed by atoms with E-state index in [4.69, 9.17) is 15.0 Å². The Morgan fingerprint density at radius 3 is 1.90 bits per heavy atom. The van der Waals surface area contributed by atoms with Crippen LogP contribution in [0.3, 0.4) is 0 Å².